The first kappa shape index (κ1) is 23.8. The fourth-order valence-electron chi connectivity index (χ4n) is 3.27. The lowest BCUT2D eigenvalue weighted by Crippen LogP contribution is -2.32. The second-order valence-electron chi connectivity index (χ2n) is 7.19. The molecule has 0 aliphatic rings. The van der Waals surface area contributed by atoms with Gasteiger partial charge in [0.15, 0.2) is 5.11 Å². The molecule has 0 saturated carbocycles. The van der Waals surface area contributed by atoms with Gasteiger partial charge in [-0.3, -0.25) is 5.43 Å². The molecule has 0 amide bonds. The Morgan fingerprint density at radius 1 is 1.19 bits per heavy atom. The Hall–Kier alpha value is -2.82. The summed E-state index contributed by atoms with van der Waals surface area (Å²) in [5.74, 6) is -0.373. The van der Waals surface area contributed by atoms with Crippen LogP contribution in [0.1, 0.15) is 32.3 Å². The summed E-state index contributed by atoms with van der Waals surface area (Å²) >= 11 is 5.17. The lowest BCUT2D eigenvalue weighted by molar-refractivity contribution is 0.410. The predicted octanol–water partition coefficient (Wildman–Crippen LogP) is 4.44. The number of benzene rings is 2. The van der Waals surface area contributed by atoms with Gasteiger partial charge in [0.2, 0.25) is 10.0 Å². The minimum absolute atomic E-state index is 0.199. The van der Waals surface area contributed by atoms with E-state index in [0.717, 1.165) is 23.7 Å². The van der Waals surface area contributed by atoms with Crippen molar-refractivity contribution in [2.24, 2.45) is 5.10 Å². The first-order chi connectivity index (χ1) is 15.3. The van der Waals surface area contributed by atoms with Crippen molar-refractivity contribution in [1.82, 2.24) is 14.7 Å². The number of hydrogen-bond acceptors (Lipinski definition) is 4. The Kier molecular flexibility index (Phi) is 7.94. The number of hydrogen-bond donors (Lipinski definition) is 3. The smallest absolute Gasteiger partial charge is 0.243 e. The van der Waals surface area contributed by atoms with Gasteiger partial charge in [-0.15, -0.1) is 0 Å². The summed E-state index contributed by atoms with van der Waals surface area (Å²) < 4.78 is 41.0. The summed E-state index contributed by atoms with van der Waals surface area (Å²) in [7, 11) is -3.59. The lowest BCUT2D eigenvalue weighted by Gasteiger charge is -2.21. The van der Waals surface area contributed by atoms with Crippen LogP contribution in [0.25, 0.3) is 10.9 Å². The van der Waals surface area contributed by atoms with Crippen molar-refractivity contribution in [3.05, 3.63) is 60.0 Å². The number of aromatic amines is 1. The maximum absolute atomic E-state index is 13.3. The van der Waals surface area contributed by atoms with Crippen LogP contribution in [0, 0.1) is 5.82 Å². The van der Waals surface area contributed by atoms with Crippen molar-refractivity contribution < 1.29 is 12.8 Å². The van der Waals surface area contributed by atoms with Crippen LogP contribution in [0.4, 0.5) is 10.1 Å². The molecule has 0 unspecified atom stereocenters. The molecule has 3 rings (SSSR count). The van der Waals surface area contributed by atoms with E-state index in [4.69, 9.17) is 12.2 Å². The van der Waals surface area contributed by atoms with E-state index in [1.807, 2.05) is 13.8 Å². The second kappa shape index (κ2) is 10.7. The molecule has 2 aromatic carbocycles. The Labute approximate surface area is 192 Å². The molecular formula is C22H26FN5O2S2. The third-order valence-electron chi connectivity index (χ3n) is 4.72. The molecule has 0 atom stereocenters. The largest absolute Gasteiger partial charge is 0.361 e. The molecule has 0 radical (unpaired) electrons. The molecule has 0 saturated heterocycles. The molecule has 0 bridgehead atoms. The molecule has 1 aromatic heterocycles. The number of sulfonamides is 1. The fraction of sp³-hybridized carbons (Fsp3) is 0.273. The quantitative estimate of drug-likeness (QED) is 0.242. The van der Waals surface area contributed by atoms with Crippen molar-refractivity contribution in [3.63, 3.8) is 0 Å². The highest BCUT2D eigenvalue weighted by atomic mass is 32.2. The second-order valence-corrected chi connectivity index (χ2v) is 9.54. The molecule has 1 heterocycles. The van der Waals surface area contributed by atoms with E-state index in [1.165, 1.54) is 16.4 Å². The predicted molar refractivity (Wildman–Crippen MR) is 131 cm³/mol. The number of H-pyrrole nitrogens is 1. The standard InChI is InChI=1S/C22H26FN5O2S2/c1-3-10-28(11-4-2)32(29,30)19-8-9-21-20(13-19)16(14-24-21)15-25-27-22(31)26-18-7-5-6-17(23)12-18/h5-9,12-15,24H,3-4,10-11H2,1-2H3,(H2,26,27,31)/b25-15+. The fourth-order valence-corrected chi connectivity index (χ4v) is 5.10. The van der Waals surface area contributed by atoms with Crippen LogP contribution < -0.4 is 10.7 Å². The van der Waals surface area contributed by atoms with Crippen molar-refractivity contribution in [2.45, 2.75) is 31.6 Å². The molecule has 0 fully saturated rings. The topological polar surface area (TPSA) is 89.6 Å². The number of nitrogens with one attached hydrogen (secondary N) is 3. The van der Waals surface area contributed by atoms with Crippen LogP contribution in [-0.2, 0) is 10.0 Å². The van der Waals surface area contributed by atoms with Crippen LogP contribution in [0.3, 0.4) is 0 Å². The van der Waals surface area contributed by atoms with Crippen LogP contribution in [0.5, 0.6) is 0 Å². The van der Waals surface area contributed by atoms with Crippen molar-refractivity contribution in [3.8, 4) is 0 Å². The first-order valence-corrected chi connectivity index (χ1v) is 12.2. The Morgan fingerprint density at radius 3 is 2.62 bits per heavy atom. The Balaban J connectivity index is 1.77. The van der Waals surface area contributed by atoms with E-state index >= 15 is 0 Å². The number of nitrogens with zero attached hydrogens (tertiary/aromatic N) is 2. The number of hydrazone groups is 1. The summed E-state index contributed by atoms with van der Waals surface area (Å²) in [6, 6.07) is 10.9. The van der Waals surface area contributed by atoms with E-state index in [2.05, 4.69) is 20.8 Å². The van der Waals surface area contributed by atoms with E-state index in [0.29, 0.717) is 24.3 Å². The number of aromatic nitrogens is 1. The minimum atomic E-state index is -3.59. The summed E-state index contributed by atoms with van der Waals surface area (Å²) in [6.07, 6.45) is 4.79. The third-order valence-corrected chi connectivity index (χ3v) is 6.81. The Bertz CT molecular complexity index is 1220. The van der Waals surface area contributed by atoms with Crippen molar-refractivity contribution in [2.75, 3.05) is 18.4 Å². The molecular weight excluding hydrogens is 449 g/mol. The van der Waals surface area contributed by atoms with Crippen molar-refractivity contribution >= 4 is 50.2 Å². The van der Waals surface area contributed by atoms with Gasteiger partial charge in [-0.25, -0.2) is 12.8 Å². The van der Waals surface area contributed by atoms with Crippen LogP contribution in [-0.4, -0.2) is 42.1 Å². The lowest BCUT2D eigenvalue weighted by atomic mass is 10.2. The summed E-state index contributed by atoms with van der Waals surface area (Å²) in [5.41, 5.74) is 4.68. The number of thiocarbonyl (C=S) groups is 1. The zero-order valence-corrected chi connectivity index (χ0v) is 19.6. The van der Waals surface area contributed by atoms with E-state index in [9.17, 15) is 12.8 Å². The highest BCUT2D eigenvalue weighted by Gasteiger charge is 2.23. The van der Waals surface area contributed by atoms with Gasteiger partial charge >= 0.3 is 0 Å². The molecule has 0 spiro atoms. The number of anilines is 1. The number of halogens is 1. The average Bonchev–Trinajstić information content (AvgIpc) is 3.16. The van der Waals surface area contributed by atoms with Crippen molar-refractivity contribution in [1.29, 1.82) is 0 Å². The minimum Gasteiger partial charge on any atom is -0.361 e. The molecule has 0 aliphatic heterocycles. The van der Waals surface area contributed by atoms with Gasteiger partial charge < -0.3 is 10.3 Å². The van der Waals surface area contributed by atoms with Gasteiger partial charge in [0, 0.05) is 41.4 Å². The van der Waals surface area contributed by atoms with Gasteiger partial charge in [0.25, 0.3) is 0 Å². The molecule has 10 heteroatoms. The average molecular weight is 476 g/mol. The molecule has 3 N–H and O–H groups in total. The van der Waals surface area contributed by atoms with Gasteiger partial charge in [0.1, 0.15) is 5.82 Å². The van der Waals surface area contributed by atoms with Gasteiger partial charge in [-0.05, 0) is 61.5 Å². The van der Waals surface area contributed by atoms with E-state index < -0.39 is 10.0 Å². The molecule has 0 aliphatic carbocycles. The van der Waals surface area contributed by atoms with Crippen LogP contribution >= 0.6 is 12.2 Å². The van der Waals surface area contributed by atoms with Crippen LogP contribution in [0.2, 0.25) is 0 Å². The normalized spacial score (nSPS) is 12.0. The maximum atomic E-state index is 13.3. The highest BCUT2D eigenvalue weighted by Crippen LogP contribution is 2.24. The Morgan fingerprint density at radius 2 is 1.94 bits per heavy atom. The molecule has 3 aromatic rings. The van der Waals surface area contributed by atoms with Gasteiger partial charge in [-0.1, -0.05) is 19.9 Å². The third kappa shape index (κ3) is 5.70. The monoisotopic (exact) mass is 475 g/mol. The van der Waals surface area contributed by atoms with E-state index in [-0.39, 0.29) is 15.8 Å². The van der Waals surface area contributed by atoms with Crippen LogP contribution in [0.15, 0.2) is 58.7 Å². The summed E-state index contributed by atoms with van der Waals surface area (Å²) in [6.45, 7) is 4.88. The maximum Gasteiger partial charge on any atom is 0.243 e. The SMILES string of the molecule is CCCN(CCC)S(=O)(=O)c1ccc2[nH]cc(/C=N/NC(=S)Nc3cccc(F)c3)c2c1. The molecule has 170 valence electrons. The summed E-state index contributed by atoms with van der Waals surface area (Å²) in [5, 5.41) is 7.88. The number of rotatable bonds is 9. The highest BCUT2D eigenvalue weighted by molar-refractivity contribution is 7.89. The number of fused-ring (bicyclic) bond motifs is 1. The van der Waals surface area contributed by atoms with Gasteiger partial charge in [-0.2, -0.15) is 9.41 Å². The molecule has 7 nitrogen and oxygen atoms in total. The van der Waals surface area contributed by atoms with E-state index in [1.54, 1.807) is 42.7 Å². The van der Waals surface area contributed by atoms with Gasteiger partial charge in [0.05, 0.1) is 11.1 Å². The molecule has 32 heavy (non-hydrogen) atoms. The summed E-state index contributed by atoms with van der Waals surface area (Å²) in [4.78, 5) is 3.36. The first-order valence-electron chi connectivity index (χ1n) is 10.3. The zero-order chi connectivity index (χ0) is 23.1. The zero-order valence-electron chi connectivity index (χ0n) is 17.9.